The number of amides is 1. The third kappa shape index (κ3) is 5.19. The van der Waals surface area contributed by atoms with Crippen LogP contribution in [0.3, 0.4) is 0 Å². The van der Waals surface area contributed by atoms with Crippen LogP contribution in [0.1, 0.15) is 25.7 Å². The van der Waals surface area contributed by atoms with E-state index in [-0.39, 0.29) is 41.9 Å². The van der Waals surface area contributed by atoms with E-state index < -0.39 is 14.9 Å². The number of carbonyl (C=O) groups excluding carboxylic acids is 1. The summed E-state index contributed by atoms with van der Waals surface area (Å²) < 4.78 is 26.9. The average molecular weight is 433 g/mol. The maximum atomic E-state index is 12.4. The van der Waals surface area contributed by atoms with E-state index in [1.165, 1.54) is 18.2 Å². The van der Waals surface area contributed by atoms with Crippen molar-refractivity contribution < 1.29 is 18.1 Å². The number of nitrogens with zero attached hydrogens (tertiary/aromatic N) is 2. The number of hydrogen-bond acceptors (Lipinski definition) is 6. The first-order valence-corrected chi connectivity index (χ1v) is 10.5. The van der Waals surface area contributed by atoms with Crippen LogP contribution in [-0.2, 0) is 14.8 Å². The van der Waals surface area contributed by atoms with Gasteiger partial charge in [-0.25, -0.2) is 13.1 Å². The van der Waals surface area contributed by atoms with Crippen LogP contribution in [0.25, 0.3) is 0 Å². The zero-order valence-electron chi connectivity index (χ0n) is 15.4. The van der Waals surface area contributed by atoms with E-state index in [0.29, 0.717) is 18.5 Å². The van der Waals surface area contributed by atoms with Crippen molar-refractivity contribution in [1.82, 2.24) is 14.9 Å². The Kier molecular flexibility index (Phi) is 7.38. The van der Waals surface area contributed by atoms with Crippen molar-refractivity contribution in [2.75, 3.05) is 32.7 Å². The molecule has 2 aliphatic heterocycles. The van der Waals surface area contributed by atoms with E-state index in [1.54, 1.807) is 4.90 Å². The lowest BCUT2D eigenvalue weighted by molar-refractivity contribution is -0.385. The molecule has 2 aliphatic rings. The van der Waals surface area contributed by atoms with Gasteiger partial charge in [-0.2, -0.15) is 0 Å². The van der Waals surface area contributed by atoms with Gasteiger partial charge in [0, 0.05) is 44.7 Å². The molecular weight excluding hydrogens is 408 g/mol. The number of hydrogen-bond donors (Lipinski definition) is 2. The summed E-state index contributed by atoms with van der Waals surface area (Å²) in [6.07, 6.45) is 3.17. The van der Waals surface area contributed by atoms with Crippen molar-refractivity contribution in [2.24, 2.45) is 5.41 Å². The molecule has 0 radical (unpaired) electrons. The Labute approximate surface area is 170 Å². The minimum Gasteiger partial charge on any atom is -0.343 e. The summed E-state index contributed by atoms with van der Waals surface area (Å²) >= 11 is 0. The molecule has 0 saturated carbocycles. The number of likely N-dealkylation sites (tertiary alicyclic amines) is 1. The summed E-state index contributed by atoms with van der Waals surface area (Å²) in [7, 11) is -3.89. The standard InChI is InChI=1S/C17H24N4O5S.ClH/c22-16(20-10-6-17(7-11-20)5-9-18-13-17)4-8-19-27(25,26)15-3-1-2-14(12-15)21(23)24;/h1-3,12,18-19H,4-11,13H2;1H. The summed E-state index contributed by atoms with van der Waals surface area (Å²) in [6.45, 7) is 3.43. The Morgan fingerprint density at radius 1 is 1.29 bits per heavy atom. The minimum absolute atomic E-state index is 0. The number of sulfonamides is 1. The molecule has 9 nitrogen and oxygen atoms in total. The summed E-state index contributed by atoms with van der Waals surface area (Å²) in [6, 6.07) is 4.84. The van der Waals surface area contributed by atoms with E-state index in [0.717, 1.165) is 38.4 Å². The second kappa shape index (κ2) is 9.17. The fraction of sp³-hybridized carbons (Fsp3) is 0.588. The van der Waals surface area contributed by atoms with Gasteiger partial charge in [-0.3, -0.25) is 14.9 Å². The number of benzene rings is 1. The monoisotopic (exact) mass is 432 g/mol. The lowest BCUT2D eigenvalue weighted by Crippen LogP contribution is -2.44. The molecule has 1 amide bonds. The summed E-state index contributed by atoms with van der Waals surface area (Å²) in [4.78, 5) is 24.1. The lowest BCUT2D eigenvalue weighted by atomic mass is 9.78. The number of halogens is 1. The van der Waals surface area contributed by atoms with Crippen molar-refractivity contribution in [3.63, 3.8) is 0 Å². The number of nitro benzene ring substituents is 1. The normalized spacial score (nSPS) is 18.6. The molecule has 1 spiro atoms. The van der Waals surface area contributed by atoms with Crippen LogP contribution < -0.4 is 10.0 Å². The Morgan fingerprint density at radius 2 is 2.00 bits per heavy atom. The van der Waals surface area contributed by atoms with Crippen LogP contribution in [0.15, 0.2) is 29.2 Å². The molecule has 0 atom stereocenters. The Morgan fingerprint density at radius 3 is 2.61 bits per heavy atom. The Hall–Kier alpha value is -1.75. The largest absolute Gasteiger partial charge is 0.343 e. The maximum Gasteiger partial charge on any atom is 0.270 e. The van der Waals surface area contributed by atoms with Gasteiger partial charge in [0.05, 0.1) is 9.82 Å². The highest BCUT2D eigenvalue weighted by molar-refractivity contribution is 7.89. The first-order chi connectivity index (χ1) is 12.8. The van der Waals surface area contributed by atoms with Gasteiger partial charge in [-0.05, 0) is 37.3 Å². The smallest absolute Gasteiger partial charge is 0.270 e. The van der Waals surface area contributed by atoms with Crippen molar-refractivity contribution in [3.05, 3.63) is 34.4 Å². The van der Waals surface area contributed by atoms with E-state index in [2.05, 4.69) is 10.0 Å². The zero-order valence-corrected chi connectivity index (χ0v) is 17.1. The molecule has 2 fully saturated rings. The Balaban J connectivity index is 0.00000280. The van der Waals surface area contributed by atoms with E-state index in [9.17, 15) is 23.3 Å². The molecule has 0 unspecified atom stereocenters. The molecule has 2 N–H and O–H groups in total. The third-order valence-electron chi connectivity index (χ3n) is 5.48. The first kappa shape index (κ1) is 22.5. The number of non-ortho nitro benzene ring substituents is 1. The fourth-order valence-electron chi connectivity index (χ4n) is 3.75. The molecule has 11 heteroatoms. The van der Waals surface area contributed by atoms with Crippen molar-refractivity contribution in [2.45, 2.75) is 30.6 Å². The quantitative estimate of drug-likeness (QED) is 0.516. The Bertz CT molecular complexity index is 817. The number of nitrogens with one attached hydrogen (secondary N) is 2. The molecule has 3 rings (SSSR count). The molecule has 1 aromatic carbocycles. The van der Waals surface area contributed by atoms with Gasteiger partial charge < -0.3 is 10.2 Å². The minimum atomic E-state index is -3.89. The molecule has 0 aromatic heterocycles. The summed E-state index contributed by atoms with van der Waals surface area (Å²) in [5.41, 5.74) is 0.0259. The van der Waals surface area contributed by atoms with Gasteiger partial charge >= 0.3 is 0 Å². The van der Waals surface area contributed by atoms with Gasteiger partial charge in [-0.1, -0.05) is 6.07 Å². The van der Waals surface area contributed by atoms with Gasteiger partial charge in [0.2, 0.25) is 15.9 Å². The lowest BCUT2D eigenvalue weighted by Gasteiger charge is -2.39. The van der Waals surface area contributed by atoms with Crippen LogP contribution >= 0.6 is 12.4 Å². The zero-order chi connectivity index (χ0) is 19.5. The fourth-order valence-corrected chi connectivity index (χ4v) is 4.82. The van der Waals surface area contributed by atoms with Crippen molar-refractivity contribution in [3.8, 4) is 0 Å². The molecule has 1 aromatic rings. The highest BCUT2D eigenvalue weighted by Crippen LogP contribution is 2.36. The SMILES string of the molecule is Cl.O=C(CCNS(=O)(=O)c1cccc([N+](=O)[O-])c1)N1CCC2(CCNC2)CC1. The topological polar surface area (TPSA) is 122 Å². The predicted octanol–water partition coefficient (Wildman–Crippen LogP) is 1.29. The molecule has 156 valence electrons. The van der Waals surface area contributed by atoms with Crippen LogP contribution in [0.5, 0.6) is 0 Å². The molecule has 2 saturated heterocycles. The van der Waals surface area contributed by atoms with Gasteiger partial charge in [0.25, 0.3) is 5.69 Å². The van der Waals surface area contributed by atoms with E-state index >= 15 is 0 Å². The van der Waals surface area contributed by atoms with E-state index in [1.807, 2.05) is 0 Å². The van der Waals surface area contributed by atoms with Crippen LogP contribution in [0.4, 0.5) is 5.69 Å². The van der Waals surface area contributed by atoms with Gasteiger partial charge in [-0.15, -0.1) is 12.4 Å². The highest BCUT2D eigenvalue weighted by Gasteiger charge is 2.37. The van der Waals surface area contributed by atoms with Crippen LogP contribution in [-0.4, -0.2) is 56.9 Å². The second-order valence-electron chi connectivity index (χ2n) is 7.21. The van der Waals surface area contributed by atoms with Crippen molar-refractivity contribution >= 4 is 34.0 Å². The first-order valence-electron chi connectivity index (χ1n) is 9.04. The number of rotatable bonds is 6. The maximum absolute atomic E-state index is 12.4. The van der Waals surface area contributed by atoms with Crippen LogP contribution in [0, 0.1) is 15.5 Å². The molecule has 0 bridgehead atoms. The van der Waals surface area contributed by atoms with Crippen molar-refractivity contribution in [1.29, 1.82) is 0 Å². The predicted molar refractivity (Wildman–Crippen MR) is 106 cm³/mol. The number of piperidine rings is 1. The summed E-state index contributed by atoms with van der Waals surface area (Å²) in [5, 5.41) is 14.2. The number of nitro groups is 1. The highest BCUT2D eigenvalue weighted by atomic mass is 35.5. The van der Waals surface area contributed by atoms with Crippen LogP contribution in [0.2, 0.25) is 0 Å². The molecular formula is C17H25ClN4O5S. The van der Waals surface area contributed by atoms with Gasteiger partial charge in [0.1, 0.15) is 0 Å². The molecule has 0 aliphatic carbocycles. The number of carbonyl (C=O) groups is 1. The molecule has 2 heterocycles. The average Bonchev–Trinajstić information content (AvgIpc) is 3.10. The molecule has 28 heavy (non-hydrogen) atoms. The van der Waals surface area contributed by atoms with Gasteiger partial charge in [0.15, 0.2) is 0 Å². The second-order valence-corrected chi connectivity index (χ2v) is 8.98. The summed E-state index contributed by atoms with van der Waals surface area (Å²) in [5.74, 6) is -0.0717. The third-order valence-corrected chi connectivity index (χ3v) is 6.94. The van der Waals surface area contributed by atoms with E-state index in [4.69, 9.17) is 0 Å².